The van der Waals surface area contributed by atoms with Gasteiger partial charge in [0.1, 0.15) is 5.02 Å². The van der Waals surface area contributed by atoms with E-state index in [0.29, 0.717) is 0 Å². The Morgan fingerprint density at radius 1 is 1.62 bits per heavy atom. The third-order valence-corrected chi connectivity index (χ3v) is 1.45. The van der Waals surface area contributed by atoms with Gasteiger partial charge in [0.15, 0.2) is 0 Å². The van der Waals surface area contributed by atoms with Crippen molar-refractivity contribution < 1.29 is 4.79 Å². The molecule has 0 unspecified atom stereocenters. The van der Waals surface area contributed by atoms with Crippen LogP contribution >= 0.6 is 11.6 Å². The van der Waals surface area contributed by atoms with Gasteiger partial charge >= 0.3 is 5.69 Å². The Morgan fingerprint density at radius 3 is 2.77 bits per heavy atom. The lowest BCUT2D eigenvalue weighted by Crippen LogP contribution is -2.36. The standard InChI is InChI=1S/C6H6ClN3O3/c1-3(11)9-10-2-4(7)5(12)8-6(10)13/h2H,1H3,(H,9,11)(H,8,12,13). The molecule has 7 heteroatoms. The summed E-state index contributed by atoms with van der Waals surface area (Å²) < 4.78 is 0.798. The van der Waals surface area contributed by atoms with Gasteiger partial charge in [-0.15, -0.1) is 0 Å². The predicted octanol–water partition coefficient (Wildman–Crippen LogP) is -0.720. The number of aromatic amines is 1. The van der Waals surface area contributed by atoms with E-state index in [1.165, 1.54) is 6.92 Å². The summed E-state index contributed by atoms with van der Waals surface area (Å²) in [6, 6.07) is 0. The average Bonchev–Trinajstić information content (AvgIpc) is 1.99. The van der Waals surface area contributed by atoms with Crippen LogP contribution in [0.4, 0.5) is 0 Å². The molecule has 0 aliphatic heterocycles. The highest BCUT2D eigenvalue weighted by Gasteiger charge is 2.02. The largest absolute Gasteiger partial charge is 0.347 e. The zero-order valence-corrected chi connectivity index (χ0v) is 7.38. The second kappa shape index (κ2) is 3.44. The maximum absolute atomic E-state index is 11.0. The lowest BCUT2D eigenvalue weighted by atomic mass is 10.6. The average molecular weight is 204 g/mol. The molecule has 0 saturated heterocycles. The molecule has 0 atom stereocenters. The lowest BCUT2D eigenvalue weighted by molar-refractivity contribution is -0.115. The van der Waals surface area contributed by atoms with Gasteiger partial charge in [-0.1, -0.05) is 11.6 Å². The van der Waals surface area contributed by atoms with Gasteiger partial charge in [-0.2, -0.15) is 0 Å². The number of H-pyrrole nitrogens is 1. The SMILES string of the molecule is CC(=O)Nn1cc(Cl)c(=O)[nH]c1=O. The first-order valence-electron chi connectivity index (χ1n) is 3.30. The zero-order chi connectivity index (χ0) is 10.0. The van der Waals surface area contributed by atoms with Gasteiger partial charge in [0, 0.05) is 6.92 Å². The van der Waals surface area contributed by atoms with Gasteiger partial charge in [-0.25, -0.2) is 9.47 Å². The minimum absolute atomic E-state index is 0.173. The van der Waals surface area contributed by atoms with Crippen LogP contribution < -0.4 is 16.7 Å². The lowest BCUT2D eigenvalue weighted by Gasteiger charge is -2.03. The van der Waals surface area contributed by atoms with Gasteiger partial charge in [0.2, 0.25) is 5.91 Å². The molecule has 1 rings (SSSR count). The summed E-state index contributed by atoms with van der Waals surface area (Å²) in [5.41, 5.74) is 0.719. The molecule has 0 spiro atoms. The van der Waals surface area contributed by atoms with Crippen LogP contribution in [0.1, 0.15) is 6.92 Å². The summed E-state index contributed by atoms with van der Waals surface area (Å²) >= 11 is 5.41. The number of hydrogen-bond acceptors (Lipinski definition) is 3. The smallest absolute Gasteiger partial charge is 0.274 e. The number of carbonyl (C=O) groups excluding carboxylic acids is 1. The van der Waals surface area contributed by atoms with Crippen LogP contribution in [-0.4, -0.2) is 15.6 Å². The van der Waals surface area contributed by atoms with Crippen LogP contribution in [0.3, 0.4) is 0 Å². The van der Waals surface area contributed by atoms with Crippen LogP contribution in [0.25, 0.3) is 0 Å². The fraction of sp³-hybridized carbons (Fsp3) is 0.167. The normalized spacial score (nSPS) is 9.69. The molecule has 1 aromatic heterocycles. The van der Waals surface area contributed by atoms with Crippen molar-refractivity contribution in [1.82, 2.24) is 9.66 Å². The van der Waals surface area contributed by atoms with Gasteiger partial charge in [-0.3, -0.25) is 20.0 Å². The first-order chi connectivity index (χ1) is 6.00. The summed E-state index contributed by atoms with van der Waals surface area (Å²) in [6.07, 6.45) is 1.03. The molecule has 0 radical (unpaired) electrons. The van der Waals surface area contributed by atoms with Crippen molar-refractivity contribution in [2.75, 3.05) is 5.43 Å². The first kappa shape index (κ1) is 9.53. The van der Waals surface area contributed by atoms with Crippen molar-refractivity contribution in [3.63, 3.8) is 0 Å². The van der Waals surface area contributed by atoms with Crippen LogP contribution in [0.2, 0.25) is 5.02 Å². The van der Waals surface area contributed by atoms with Crippen molar-refractivity contribution in [1.29, 1.82) is 0 Å². The van der Waals surface area contributed by atoms with E-state index >= 15 is 0 Å². The quantitative estimate of drug-likeness (QED) is 0.632. The van der Waals surface area contributed by atoms with Gasteiger partial charge in [0.05, 0.1) is 6.20 Å². The summed E-state index contributed by atoms with van der Waals surface area (Å²) in [4.78, 5) is 34.2. The summed E-state index contributed by atoms with van der Waals surface area (Å²) in [6.45, 7) is 1.23. The van der Waals surface area contributed by atoms with E-state index in [0.717, 1.165) is 10.9 Å². The number of rotatable bonds is 1. The van der Waals surface area contributed by atoms with Crippen molar-refractivity contribution in [2.24, 2.45) is 0 Å². The minimum Gasteiger partial charge on any atom is -0.274 e. The fourth-order valence-electron chi connectivity index (χ4n) is 0.700. The highest BCUT2D eigenvalue weighted by molar-refractivity contribution is 6.30. The van der Waals surface area contributed by atoms with E-state index in [2.05, 4.69) is 5.43 Å². The van der Waals surface area contributed by atoms with E-state index in [1.54, 1.807) is 0 Å². The van der Waals surface area contributed by atoms with E-state index in [9.17, 15) is 14.4 Å². The Labute approximate surface area is 77.1 Å². The van der Waals surface area contributed by atoms with Crippen LogP contribution in [-0.2, 0) is 4.79 Å². The van der Waals surface area contributed by atoms with Gasteiger partial charge < -0.3 is 0 Å². The molecule has 0 bridgehead atoms. The molecule has 0 aliphatic carbocycles. The second-order valence-electron chi connectivity index (χ2n) is 2.27. The maximum atomic E-state index is 11.0. The summed E-state index contributed by atoms with van der Waals surface area (Å²) in [5, 5.41) is -0.173. The van der Waals surface area contributed by atoms with Crippen molar-refractivity contribution in [2.45, 2.75) is 6.92 Å². The summed E-state index contributed by atoms with van der Waals surface area (Å²) in [7, 11) is 0. The number of nitrogens with zero attached hydrogens (tertiary/aromatic N) is 1. The molecule has 70 valence electrons. The van der Waals surface area contributed by atoms with E-state index in [1.807, 2.05) is 4.98 Å². The maximum Gasteiger partial charge on any atom is 0.347 e. The molecule has 0 fully saturated rings. The van der Waals surface area contributed by atoms with Gasteiger partial charge in [-0.05, 0) is 0 Å². The first-order valence-corrected chi connectivity index (χ1v) is 3.67. The number of hydrogen-bond donors (Lipinski definition) is 2. The molecule has 0 aliphatic rings. The van der Waals surface area contributed by atoms with Crippen LogP contribution in [0, 0.1) is 0 Å². The van der Waals surface area contributed by atoms with Crippen molar-refractivity contribution >= 4 is 17.5 Å². The number of aromatic nitrogens is 2. The number of amides is 1. The van der Waals surface area contributed by atoms with Crippen LogP contribution in [0.15, 0.2) is 15.8 Å². The Kier molecular flexibility index (Phi) is 2.52. The molecule has 0 aromatic carbocycles. The second-order valence-corrected chi connectivity index (χ2v) is 2.68. The number of nitrogens with one attached hydrogen (secondary N) is 2. The molecule has 0 saturated carbocycles. The predicted molar refractivity (Wildman–Crippen MR) is 46.4 cm³/mol. The fourth-order valence-corrected chi connectivity index (χ4v) is 0.845. The topological polar surface area (TPSA) is 84.0 Å². The molecule has 1 heterocycles. The van der Waals surface area contributed by atoms with E-state index in [-0.39, 0.29) is 5.02 Å². The highest BCUT2D eigenvalue weighted by Crippen LogP contribution is 1.93. The van der Waals surface area contributed by atoms with Crippen molar-refractivity contribution in [3.05, 3.63) is 32.1 Å². The number of halogens is 1. The monoisotopic (exact) mass is 203 g/mol. The molecular formula is C6H6ClN3O3. The molecular weight excluding hydrogens is 198 g/mol. The highest BCUT2D eigenvalue weighted by atomic mass is 35.5. The molecule has 2 N–H and O–H groups in total. The van der Waals surface area contributed by atoms with E-state index < -0.39 is 17.2 Å². The minimum atomic E-state index is -0.746. The Morgan fingerprint density at radius 2 is 2.23 bits per heavy atom. The zero-order valence-electron chi connectivity index (χ0n) is 6.63. The van der Waals surface area contributed by atoms with Gasteiger partial charge in [0.25, 0.3) is 5.56 Å². The Bertz CT molecular complexity index is 447. The van der Waals surface area contributed by atoms with E-state index in [4.69, 9.17) is 11.6 Å². The molecule has 13 heavy (non-hydrogen) atoms. The molecule has 6 nitrogen and oxygen atoms in total. The molecule has 1 amide bonds. The Balaban J connectivity index is 3.24. The summed E-state index contributed by atoms with van der Waals surface area (Å²) in [5.74, 6) is -0.440. The van der Waals surface area contributed by atoms with Crippen molar-refractivity contribution in [3.8, 4) is 0 Å². The number of carbonyl (C=O) groups is 1. The Hall–Kier alpha value is -1.56. The third kappa shape index (κ3) is 2.19. The van der Waals surface area contributed by atoms with Crippen LogP contribution in [0.5, 0.6) is 0 Å². The molecule has 1 aromatic rings. The third-order valence-electron chi connectivity index (χ3n) is 1.18.